The summed E-state index contributed by atoms with van der Waals surface area (Å²) in [6, 6.07) is 7.63. The minimum atomic E-state index is -0.0201. The fourth-order valence-electron chi connectivity index (χ4n) is 1.96. The Bertz CT molecular complexity index is 466. The maximum absolute atomic E-state index is 5.90. The van der Waals surface area contributed by atoms with Crippen LogP contribution in [0.15, 0.2) is 29.3 Å². The highest BCUT2D eigenvalue weighted by Gasteiger charge is 2.09. The molecule has 0 aliphatic carbocycles. The van der Waals surface area contributed by atoms with E-state index < -0.39 is 0 Å². The lowest BCUT2D eigenvalue weighted by Gasteiger charge is -2.19. The van der Waals surface area contributed by atoms with Gasteiger partial charge in [0.05, 0.1) is 13.7 Å². The Morgan fingerprint density at radius 3 is 2.61 bits per heavy atom. The lowest BCUT2D eigenvalue weighted by Crippen LogP contribution is -2.42. The topological polar surface area (TPSA) is 64.1 Å². The number of aliphatic imine (C=N–C) groups is 1. The van der Waals surface area contributed by atoms with Crippen molar-refractivity contribution < 1.29 is 14.2 Å². The van der Waals surface area contributed by atoms with Gasteiger partial charge in [-0.15, -0.1) is 0 Å². The maximum Gasteiger partial charge on any atom is 0.191 e. The highest BCUT2D eigenvalue weighted by molar-refractivity contribution is 5.79. The van der Waals surface area contributed by atoms with Crippen molar-refractivity contribution in [2.24, 2.45) is 4.99 Å². The first kappa shape index (κ1) is 19.1. The molecule has 0 fully saturated rings. The summed E-state index contributed by atoms with van der Waals surface area (Å²) >= 11 is 0. The molecule has 6 nitrogen and oxygen atoms in total. The molecule has 1 rings (SSSR count). The highest BCUT2D eigenvalue weighted by Crippen LogP contribution is 2.26. The van der Waals surface area contributed by atoms with E-state index in [2.05, 4.69) is 15.6 Å². The fraction of sp³-hybridized carbons (Fsp3) is 0.588. The van der Waals surface area contributed by atoms with E-state index >= 15 is 0 Å². The summed E-state index contributed by atoms with van der Waals surface area (Å²) in [7, 11) is 3.39. The largest absolute Gasteiger partial charge is 0.493 e. The number of ether oxygens (including phenoxy) is 3. The number of benzene rings is 1. The second kappa shape index (κ2) is 11.6. The number of nitrogens with zero attached hydrogens (tertiary/aromatic N) is 1. The zero-order valence-electron chi connectivity index (χ0n) is 14.6. The number of rotatable bonds is 10. The van der Waals surface area contributed by atoms with Crippen molar-refractivity contribution in [3.8, 4) is 11.5 Å². The molecule has 0 aromatic heterocycles. The molecule has 23 heavy (non-hydrogen) atoms. The average Bonchev–Trinajstić information content (AvgIpc) is 2.58. The molecule has 0 spiro atoms. The van der Waals surface area contributed by atoms with E-state index in [1.54, 1.807) is 14.2 Å². The van der Waals surface area contributed by atoms with Crippen LogP contribution in [0.1, 0.15) is 20.3 Å². The van der Waals surface area contributed by atoms with Crippen LogP contribution in [-0.2, 0) is 4.74 Å². The van der Waals surface area contributed by atoms with Crippen LogP contribution in [0, 0.1) is 0 Å². The zero-order chi connectivity index (χ0) is 16.9. The van der Waals surface area contributed by atoms with Gasteiger partial charge in [0, 0.05) is 26.8 Å². The summed E-state index contributed by atoms with van der Waals surface area (Å²) in [4.78, 5) is 4.19. The fourth-order valence-corrected chi connectivity index (χ4v) is 1.96. The van der Waals surface area contributed by atoms with Gasteiger partial charge < -0.3 is 24.8 Å². The van der Waals surface area contributed by atoms with Gasteiger partial charge >= 0.3 is 0 Å². The monoisotopic (exact) mass is 323 g/mol. The first-order chi connectivity index (χ1) is 11.2. The molecule has 1 aromatic rings. The standard InChI is InChI=1S/C17H29N3O3/c1-5-22-12-8-11-19-17(18-3)20-13-14(2)23-16-10-7-6-9-15(16)21-4/h6-7,9-10,14H,5,8,11-13H2,1-4H3,(H2,18,19,20). The van der Waals surface area contributed by atoms with Gasteiger partial charge in [0.2, 0.25) is 0 Å². The van der Waals surface area contributed by atoms with E-state index in [0.29, 0.717) is 6.54 Å². The zero-order valence-corrected chi connectivity index (χ0v) is 14.6. The van der Waals surface area contributed by atoms with E-state index in [1.807, 2.05) is 38.1 Å². The van der Waals surface area contributed by atoms with Crippen LogP contribution in [0.2, 0.25) is 0 Å². The molecule has 6 heteroatoms. The molecule has 1 atom stereocenters. The molecule has 0 bridgehead atoms. The van der Waals surface area contributed by atoms with E-state index in [-0.39, 0.29) is 6.10 Å². The number of nitrogens with one attached hydrogen (secondary N) is 2. The lowest BCUT2D eigenvalue weighted by atomic mass is 10.3. The predicted octanol–water partition coefficient (Wildman–Crippen LogP) is 2.05. The van der Waals surface area contributed by atoms with E-state index in [1.165, 1.54) is 0 Å². The molecule has 0 saturated carbocycles. The van der Waals surface area contributed by atoms with Gasteiger partial charge in [0.25, 0.3) is 0 Å². The molecular weight excluding hydrogens is 294 g/mol. The van der Waals surface area contributed by atoms with Crippen LogP contribution < -0.4 is 20.1 Å². The Hall–Kier alpha value is -1.95. The molecule has 1 unspecified atom stereocenters. The first-order valence-corrected chi connectivity index (χ1v) is 8.03. The number of methoxy groups -OCH3 is 1. The molecular formula is C17H29N3O3. The molecule has 0 radical (unpaired) electrons. The molecule has 0 aliphatic rings. The molecule has 0 aliphatic heterocycles. The molecule has 2 N–H and O–H groups in total. The Morgan fingerprint density at radius 2 is 1.96 bits per heavy atom. The van der Waals surface area contributed by atoms with Crippen LogP contribution in [0.25, 0.3) is 0 Å². The summed E-state index contributed by atoms with van der Waals surface area (Å²) < 4.78 is 16.5. The second-order valence-electron chi connectivity index (χ2n) is 5.01. The molecule has 1 aromatic carbocycles. The predicted molar refractivity (Wildman–Crippen MR) is 93.6 cm³/mol. The Morgan fingerprint density at radius 1 is 1.22 bits per heavy atom. The summed E-state index contributed by atoms with van der Waals surface area (Å²) in [6.45, 7) is 6.97. The summed E-state index contributed by atoms with van der Waals surface area (Å²) in [5.74, 6) is 2.23. The van der Waals surface area contributed by atoms with Gasteiger partial charge in [-0.2, -0.15) is 0 Å². The van der Waals surface area contributed by atoms with Crippen LogP contribution in [0.4, 0.5) is 0 Å². The van der Waals surface area contributed by atoms with Gasteiger partial charge in [-0.1, -0.05) is 12.1 Å². The highest BCUT2D eigenvalue weighted by atomic mass is 16.5. The van der Waals surface area contributed by atoms with Crippen molar-refractivity contribution in [3.63, 3.8) is 0 Å². The van der Waals surface area contributed by atoms with E-state index in [9.17, 15) is 0 Å². The van der Waals surface area contributed by atoms with Crippen molar-refractivity contribution in [2.75, 3.05) is 40.5 Å². The molecule has 0 saturated heterocycles. The minimum absolute atomic E-state index is 0.0201. The third-order valence-electron chi connectivity index (χ3n) is 3.14. The smallest absolute Gasteiger partial charge is 0.191 e. The minimum Gasteiger partial charge on any atom is -0.493 e. The number of guanidine groups is 1. The summed E-state index contributed by atoms with van der Waals surface area (Å²) in [5.41, 5.74) is 0. The third-order valence-corrected chi connectivity index (χ3v) is 3.14. The Kier molecular flexibility index (Phi) is 9.63. The van der Waals surface area contributed by atoms with Crippen molar-refractivity contribution >= 4 is 5.96 Å². The van der Waals surface area contributed by atoms with Crippen molar-refractivity contribution in [3.05, 3.63) is 24.3 Å². The Labute approximate surface area is 139 Å². The number of hydrogen-bond acceptors (Lipinski definition) is 4. The third kappa shape index (κ3) is 7.74. The van der Waals surface area contributed by atoms with Crippen LogP contribution in [-0.4, -0.2) is 52.5 Å². The van der Waals surface area contributed by atoms with Gasteiger partial charge in [0.15, 0.2) is 17.5 Å². The second-order valence-corrected chi connectivity index (χ2v) is 5.01. The van der Waals surface area contributed by atoms with Crippen molar-refractivity contribution in [2.45, 2.75) is 26.4 Å². The van der Waals surface area contributed by atoms with Crippen molar-refractivity contribution in [1.82, 2.24) is 10.6 Å². The SMILES string of the molecule is CCOCCCNC(=NC)NCC(C)Oc1ccccc1OC. The average molecular weight is 323 g/mol. The van der Waals surface area contributed by atoms with Gasteiger partial charge in [-0.25, -0.2) is 0 Å². The number of para-hydroxylation sites is 2. The first-order valence-electron chi connectivity index (χ1n) is 8.03. The lowest BCUT2D eigenvalue weighted by molar-refractivity contribution is 0.145. The number of hydrogen-bond donors (Lipinski definition) is 2. The summed E-state index contributed by atoms with van der Waals surface area (Å²) in [6.07, 6.45) is 0.926. The molecule has 0 amide bonds. The van der Waals surface area contributed by atoms with Gasteiger partial charge in [-0.3, -0.25) is 4.99 Å². The molecule has 0 heterocycles. The van der Waals surface area contributed by atoms with Crippen LogP contribution in [0.3, 0.4) is 0 Å². The van der Waals surface area contributed by atoms with Crippen molar-refractivity contribution in [1.29, 1.82) is 0 Å². The van der Waals surface area contributed by atoms with Crippen LogP contribution in [0.5, 0.6) is 11.5 Å². The normalized spacial score (nSPS) is 12.6. The molecule has 130 valence electrons. The quantitative estimate of drug-likeness (QED) is 0.392. The Balaban J connectivity index is 2.31. The van der Waals surface area contributed by atoms with E-state index in [4.69, 9.17) is 14.2 Å². The van der Waals surface area contributed by atoms with E-state index in [0.717, 1.165) is 43.6 Å². The van der Waals surface area contributed by atoms with Crippen LogP contribution >= 0.6 is 0 Å². The van der Waals surface area contributed by atoms with Gasteiger partial charge in [-0.05, 0) is 32.4 Å². The summed E-state index contributed by atoms with van der Waals surface area (Å²) in [5, 5.41) is 6.50. The maximum atomic E-state index is 5.90. The van der Waals surface area contributed by atoms with Gasteiger partial charge in [0.1, 0.15) is 6.10 Å².